The molecule has 4 heteroatoms. The van der Waals surface area contributed by atoms with Crippen molar-refractivity contribution >= 4 is 5.97 Å². The standard InChI is InChI=1S/C17H26N2O2/c1-2-21-16(20)17(15-7-4-3-5-8-15)9-13-19(14-10-17)12-6-11-18/h3-5,7-8H,2,6,9-14,18H2,1H3. The van der Waals surface area contributed by atoms with Crippen molar-refractivity contribution in [3.05, 3.63) is 35.9 Å². The quantitative estimate of drug-likeness (QED) is 0.813. The second-order valence-electron chi connectivity index (χ2n) is 5.65. The Bertz CT molecular complexity index is 439. The number of ether oxygens (including phenoxy) is 1. The molecular formula is C17H26N2O2. The highest BCUT2D eigenvalue weighted by Gasteiger charge is 2.43. The molecule has 2 N–H and O–H groups in total. The molecule has 2 rings (SSSR count). The maximum Gasteiger partial charge on any atom is 0.316 e. The summed E-state index contributed by atoms with van der Waals surface area (Å²) in [7, 11) is 0. The number of esters is 1. The van der Waals surface area contributed by atoms with E-state index >= 15 is 0 Å². The van der Waals surface area contributed by atoms with Crippen LogP contribution >= 0.6 is 0 Å². The van der Waals surface area contributed by atoms with Crippen LogP contribution in [0.15, 0.2) is 30.3 Å². The molecule has 0 unspecified atom stereocenters. The minimum Gasteiger partial charge on any atom is -0.465 e. The summed E-state index contributed by atoms with van der Waals surface area (Å²) >= 11 is 0. The molecule has 1 aromatic carbocycles. The smallest absolute Gasteiger partial charge is 0.316 e. The third-order valence-electron chi connectivity index (χ3n) is 4.38. The fourth-order valence-corrected chi connectivity index (χ4v) is 3.11. The first kappa shape index (κ1) is 16.0. The fourth-order valence-electron chi connectivity index (χ4n) is 3.11. The number of benzene rings is 1. The highest BCUT2D eigenvalue weighted by molar-refractivity contribution is 5.83. The second-order valence-corrected chi connectivity index (χ2v) is 5.65. The van der Waals surface area contributed by atoms with Gasteiger partial charge in [-0.2, -0.15) is 0 Å². The summed E-state index contributed by atoms with van der Waals surface area (Å²) in [6.45, 7) is 5.89. The topological polar surface area (TPSA) is 55.6 Å². The Morgan fingerprint density at radius 3 is 2.52 bits per heavy atom. The molecule has 4 nitrogen and oxygen atoms in total. The first-order valence-corrected chi connectivity index (χ1v) is 7.88. The largest absolute Gasteiger partial charge is 0.465 e. The van der Waals surface area contributed by atoms with E-state index in [0.717, 1.165) is 51.0 Å². The molecular weight excluding hydrogens is 264 g/mol. The molecule has 116 valence electrons. The number of likely N-dealkylation sites (tertiary alicyclic amines) is 1. The van der Waals surface area contributed by atoms with Crippen LogP contribution in [0.25, 0.3) is 0 Å². The molecule has 0 atom stereocenters. The lowest BCUT2D eigenvalue weighted by molar-refractivity contribution is -0.152. The van der Waals surface area contributed by atoms with Crippen molar-refractivity contribution in [2.75, 3.05) is 32.8 Å². The highest BCUT2D eigenvalue weighted by Crippen LogP contribution is 2.36. The number of carbonyl (C=O) groups is 1. The second kappa shape index (κ2) is 7.57. The molecule has 1 aromatic rings. The minimum atomic E-state index is -0.476. The van der Waals surface area contributed by atoms with Gasteiger partial charge >= 0.3 is 5.97 Å². The van der Waals surface area contributed by atoms with Crippen molar-refractivity contribution in [1.29, 1.82) is 0 Å². The van der Waals surface area contributed by atoms with Gasteiger partial charge in [0.05, 0.1) is 12.0 Å². The van der Waals surface area contributed by atoms with Gasteiger partial charge in [0.2, 0.25) is 0 Å². The van der Waals surface area contributed by atoms with Gasteiger partial charge in [0.15, 0.2) is 0 Å². The molecule has 21 heavy (non-hydrogen) atoms. The summed E-state index contributed by atoms with van der Waals surface area (Å²) in [5, 5.41) is 0. The number of nitrogens with two attached hydrogens (primary N) is 1. The lowest BCUT2D eigenvalue weighted by Gasteiger charge is -2.40. The first-order chi connectivity index (χ1) is 10.2. The monoisotopic (exact) mass is 290 g/mol. The van der Waals surface area contributed by atoms with Gasteiger partial charge in [-0.15, -0.1) is 0 Å². The lowest BCUT2D eigenvalue weighted by Crippen LogP contribution is -2.48. The van der Waals surface area contributed by atoms with Crippen molar-refractivity contribution < 1.29 is 9.53 Å². The predicted molar refractivity (Wildman–Crippen MR) is 84.1 cm³/mol. The Morgan fingerprint density at radius 1 is 1.29 bits per heavy atom. The van der Waals surface area contributed by atoms with E-state index < -0.39 is 5.41 Å². The van der Waals surface area contributed by atoms with Gasteiger partial charge in [-0.25, -0.2) is 0 Å². The number of carbonyl (C=O) groups excluding carboxylic acids is 1. The van der Waals surface area contributed by atoms with Gasteiger partial charge in [0.25, 0.3) is 0 Å². The Kier molecular flexibility index (Phi) is 5.76. The Hall–Kier alpha value is -1.39. The van der Waals surface area contributed by atoms with E-state index in [2.05, 4.69) is 4.90 Å². The van der Waals surface area contributed by atoms with Crippen LogP contribution in [0.4, 0.5) is 0 Å². The molecule has 0 aliphatic carbocycles. The van der Waals surface area contributed by atoms with Gasteiger partial charge in [0, 0.05) is 0 Å². The molecule has 0 radical (unpaired) electrons. The fraction of sp³-hybridized carbons (Fsp3) is 0.588. The van der Waals surface area contributed by atoms with E-state index in [9.17, 15) is 4.79 Å². The van der Waals surface area contributed by atoms with Crippen LogP contribution in [0.2, 0.25) is 0 Å². The molecule has 1 aliphatic rings. The van der Waals surface area contributed by atoms with E-state index in [4.69, 9.17) is 10.5 Å². The molecule has 1 aliphatic heterocycles. The van der Waals surface area contributed by atoms with Gasteiger partial charge in [-0.1, -0.05) is 30.3 Å². The third-order valence-corrected chi connectivity index (χ3v) is 4.38. The average molecular weight is 290 g/mol. The van der Waals surface area contributed by atoms with Crippen LogP contribution in [-0.4, -0.2) is 43.7 Å². The van der Waals surface area contributed by atoms with E-state index in [1.165, 1.54) is 0 Å². The third kappa shape index (κ3) is 3.63. The SMILES string of the molecule is CCOC(=O)C1(c2ccccc2)CCN(CCCN)CC1. The van der Waals surface area contributed by atoms with Gasteiger partial charge in [0.1, 0.15) is 0 Å². The van der Waals surface area contributed by atoms with Crippen molar-refractivity contribution in [2.24, 2.45) is 5.73 Å². The first-order valence-electron chi connectivity index (χ1n) is 7.88. The van der Waals surface area contributed by atoms with Gasteiger partial charge in [-0.05, 0) is 57.9 Å². The van der Waals surface area contributed by atoms with Crippen LogP contribution in [0, 0.1) is 0 Å². The number of hydrogen-bond donors (Lipinski definition) is 1. The van der Waals surface area contributed by atoms with E-state index in [0.29, 0.717) is 6.61 Å². The van der Waals surface area contributed by atoms with Crippen LogP contribution in [0.1, 0.15) is 31.7 Å². The van der Waals surface area contributed by atoms with Crippen LogP contribution in [0.5, 0.6) is 0 Å². The molecule has 1 heterocycles. The van der Waals surface area contributed by atoms with Crippen molar-refractivity contribution in [2.45, 2.75) is 31.6 Å². The molecule has 1 fully saturated rings. The maximum absolute atomic E-state index is 12.6. The summed E-state index contributed by atoms with van der Waals surface area (Å²) in [6.07, 6.45) is 2.65. The maximum atomic E-state index is 12.6. The number of rotatable bonds is 6. The zero-order valence-electron chi connectivity index (χ0n) is 12.9. The highest BCUT2D eigenvalue weighted by atomic mass is 16.5. The zero-order valence-corrected chi connectivity index (χ0v) is 12.9. The molecule has 0 amide bonds. The van der Waals surface area contributed by atoms with Crippen molar-refractivity contribution in [3.8, 4) is 0 Å². The van der Waals surface area contributed by atoms with Crippen LogP contribution in [-0.2, 0) is 14.9 Å². The average Bonchev–Trinajstić information content (AvgIpc) is 2.54. The normalized spacial score (nSPS) is 18.4. The van der Waals surface area contributed by atoms with Crippen LogP contribution < -0.4 is 5.73 Å². The Labute approximate surface area is 127 Å². The van der Waals surface area contributed by atoms with Gasteiger partial charge in [-0.3, -0.25) is 4.79 Å². The summed E-state index contributed by atoms with van der Waals surface area (Å²) in [5.74, 6) is -0.0744. The molecule has 0 saturated carbocycles. The predicted octanol–water partition coefficient (Wildman–Crippen LogP) is 1.93. The van der Waals surface area contributed by atoms with E-state index in [1.54, 1.807) is 0 Å². The Balaban J connectivity index is 2.14. The molecule has 0 bridgehead atoms. The number of hydrogen-bond acceptors (Lipinski definition) is 4. The zero-order chi connectivity index (χ0) is 15.1. The van der Waals surface area contributed by atoms with Crippen molar-refractivity contribution in [3.63, 3.8) is 0 Å². The minimum absolute atomic E-state index is 0.0744. The van der Waals surface area contributed by atoms with Crippen molar-refractivity contribution in [1.82, 2.24) is 4.90 Å². The summed E-state index contributed by atoms with van der Waals surface area (Å²) in [4.78, 5) is 15.0. The summed E-state index contributed by atoms with van der Waals surface area (Å²) in [5.41, 5.74) is 6.19. The summed E-state index contributed by atoms with van der Waals surface area (Å²) in [6, 6.07) is 10.1. The van der Waals surface area contributed by atoms with E-state index in [1.807, 2.05) is 37.3 Å². The van der Waals surface area contributed by atoms with E-state index in [-0.39, 0.29) is 5.97 Å². The molecule has 0 aromatic heterocycles. The lowest BCUT2D eigenvalue weighted by atomic mass is 9.72. The van der Waals surface area contributed by atoms with Crippen LogP contribution in [0.3, 0.4) is 0 Å². The number of piperidine rings is 1. The Morgan fingerprint density at radius 2 is 1.95 bits per heavy atom. The number of nitrogens with zero attached hydrogens (tertiary/aromatic N) is 1. The molecule has 0 spiro atoms. The molecule has 1 saturated heterocycles. The summed E-state index contributed by atoms with van der Waals surface area (Å²) < 4.78 is 5.38. The van der Waals surface area contributed by atoms with Gasteiger partial charge < -0.3 is 15.4 Å².